The lowest BCUT2D eigenvalue weighted by Crippen LogP contribution is -2.50. The summed E-state index contributed by atoms with van der Waals surface area (Å²) in [5.41, 5.74) is 0. The first-order valence-corrected chi connectivity index (χ1v) is 14.4. The highest BCUT2D eigenvalue weighted by molar-refractivity contribution is 6.55. The highest BCUT2D eigenvalue weighted by Crippen LogP contribution is 2.16. The van der Waals surface area contributed by atoms with Crippen molar-refractivity contribution in [1.29, 1.82) is 0 Å². The van der Waals surface area contributed by atoms with Gasteiger partial charge >= 0.3 is 32.1 Å². The van der Waals surface area contributed by atoms with Gasteiger partial charge < -0.3 is 17.7 Å². The Morgan fingerprint density at radius 3 is 1.19 bits per heavy atom. The molecule has 0 heterocycles. The molecule has 0 rings (SSSR count). The van der Waals surface area contributed by atoms with Crippen molar-refractivity contribution in [3.63, 3.8) is 0 Å². The first-order chi connectivity index (χ1) is 14.6. The third-order valence-electron chi connectivity index (χ3n) is 5.19. The van der Waals surface area contributed by atoms with Gasteiger partial charge in [-0.05, 0) is 27.2 Å². The van der Waals surface area contributed by atoms with Crippen molar-refractivity contribution in [2.45, 2.75) is 130 Å². The molecule has 0 aromatic carbocycles. The summed E-state index contributed by atoms with van der Waals surface area (Å²) in [7, 11) is -3.32. The summed E-state index contributed by atoms with van der Waals surface area (Å²) < 4.78 is 22.2. The maximum absolute atomic E-state index is 12.2. The average Bonchev–Trinajstić information content (AvgIpc) is 2.71. The average molecular weight is 473 g/mol. The van der Waals surface area contributed by atoms with Crippen molar-refractivity contribution in [3.05, 3.63) is 0 Å². The number of hydrogen-bond donors (Lipinski definition) is 0. The van der Waals surface area contributed by atoms with Crippen LogP contribution in [0.5, 0.6) is 0 Å². The van der Waals surface area contributed by atoms with Crippen molar-refractivity contribution >= 4 is 38.1 Å². The molecule has 0 aromatic heterocycles. The van der Waals surface area contributed by atoms with Crippen LogP contribution in [0.2, 0.25) is 0 Å². The van der Waals surface area contributed by atoms with Crippen LogP contribution in [0.15, 0.2) is 0 Å². The second kappa shape index (κ2) is 25.0. The van der Waals surface area contributed by atoms with Gasteiger partial charge in [0.25, 0.3) is 5.97 Å². The minimum Gasteiger partial charge on any atom is -0.452 e. The van der Waals surface area contributed by atoms with E-state index in [1.165, 1.54) is 83.5 Å². The third-order valence-corrected chi connectivity index (χ3v) is 7.59. The standard InChI is InChI=1S/C24H50O5Si.Mg.2H/c1-5-9-10-11-12-13-14-15-16-17-18-19-20-21-22-23-24(25)29-30(26-6-2,27-7-3)28-8-4;;;/h5-23H2,1-4H3;;;. The van der Waals surface area contributed by atoms with Gasteiger partial charge in [-0.3, -0.25) is 4.79 Å². The number of carbonyl (C=O) groups excluding carboxylic acids is 1. The Kier molecular flexibility index (Phi) is 27.0. The largest absolute Gasteiger partial charge is 0.751 e. The Labute approximate surface area is 210 Å². The van der Waals surface area contributed by atoms with Gasteiger partial charge in [-0.1, -0.05) is 96.8 Å². The van der Waals surface area contributed by atoms with E-state index in [-0.39, 0.29) is 29.0 Å². The zero-order valence-electron chi connectivity index (χ0n) is 20.5. The fraction of sp³-hybridized carbons (Fsp3) is 0.958. The fourth-order valence-electron chi connectivity index (χ4n) is 3.57. The molecule has 0 atom stereocenters. The molecule has 31 heavy (non-hydrogen) atoms. The van der Waals surface area contributed by atoms with Crippen LogP contribution in [0.3, 0.4) is 0 Å². The summed E-state index contributed by atoms with van der Waals surface area (Å²) in [4.78, 5) is 12.2. The van der Waals surface area contributed by atoms with Gasteiger partial charge in [-0.2, -0.15) is 0 Å². The second-order valence-corrected chi connectivity index (χ2v) is 10.0. The molecule has 0 aromatic rings. The van der Waals surface area contributed by atoms with E-state index in [4.69, 9.17) is 17.7 Å². The Hall–Kier alpha value is 0.333. The molecule has 0 saturated heterocycles. The third kappa shape index (κ3) is 20.7. The predicted octanol–water partition coefficient (Wildman–Crippen LogP) is 6.42. The van der Waals surface area contributed by atoms with Crippen molar-refractivity contribution < 1.29 is 22.5 Å². The molecule has 5 nitrogen and oxygen atoms in total. The zero-order chi connectivity index (χ0) is 22.3. The van der Waals surface area contributed by atoms with Gasteiger partial charge in [0.15, 0.2) is 0 Å². The summed E-state index contributed by atoms with van der Waals surface area (Å²) in [6.07, 6.45) is 20.0. The normalized spacial score (nSPS) is 11.4. The van der Waals surface area contributed by atoms with Gasteiger partial charge in [-0.25, -0.2) is 0 Å². The molecular formula is C24H52MgO5Si. The zero-order valence-corrected chi connectivity index (χ0v) is 21.5. The van der Waals surface area contributed by atoms with Crippen LogP contribution in [0.1, 0.15) is 130 Å². The quantitative estimate of drug-likeness (QED) is 0.127. The summed E-state index contributed by atoms with van der Waals surface area (Å²) in [6, 6.07) is 0. The van der Waals surface area contributed by atoms with E-state index in [0.717, 1.165) is 12.8 Å². The molecule has 7 heteroatoms. The van der Waals surface area contributed by atoms with E-state index in [1.54, 1.807) is 0 Å². The number of carbonyl (C=O) groups is 1. The maximum Gasteiger partial charge on any atom is 0.751 e. The van der Waals surface area contributed by atoms with Crippen molar-refractivity contribution in [3.8, 4) is 0 Å². The highest BCUT2D eigenvalue weighted by atomic mass is 28.4. The Bertz CT molecular complexity index is 368. The van der Waals surface area contributed by atoms with E-state index in [1.807, 2.05) is 20.8 Å². The summed E-state index contributed by atoms with van der Waals surface area (Å²) in [5, 5.41) is 0. The van der Waals surface area contributed by atoms with Crippen LogP contribution < -0.4 is 0 Å². The molecule has 0 aliphatic carbocycles. The Morgan fingerprint density at radius 2 is 0.871 bits per heavy atom. The first-order valence-electron chi connectivity index (χ1n) is 12.8. The van der Waals surface area contributed by atoms with Crippen LogP contribution in [0.25, 0.3) is 0 Å². The van der Waals surface area contributed by atoms with E-state index in [9.17, 15) is 4.79 Å². The molecule has 0 unspecified atom stereocenters. The van der Waals surface area contributed by atoms with E-state index >= 15 is 0 Å². The lowest BCUT2D eigenvalue weighted by Gasteiger charge is -2.25. The molecule has 0 radical (unpaired) electrons. The van der Waals surface area contributed by atoms with Gasteiger partial charge in [-0.15, -0.1) is 0 Å². The van der Waals surface area contributed by atoms with Gasteiger partial charge in [0.05, 0.1) is 0 Å². The van der Waals surface area contributed by atoms with Crippen molar-refractivity contribution in [2.24, 2.45) is 0 Å². The van der Waals surface area contributed by atoms with Crippen LogP contribution in [-0.2, 0) is 22.5 Å². The molecule has 0 aliphatic rings. The van der Waals surface area contributed by atoms with Crippen LogP contribution in [0.4, 0.5) is 0 Å². The number of unbranched alkanes of at least 4 members (excludes halogenated alkanes) is 14. The number of hydrogen-bond acceptors (Lipinski definition) is 5. The molecule has 0 saturated carbocycles. The van der Waals surface area contributed by atoms with Gasteiger partial charge in [0.1, 0.15) is 0 Å². The lowest BCUT2D eigenvalue weighted by atomic mass is 10.0. The maximum atomic E-state index is 12.2. The Morgan fingerprint density at radius 1 is 0.548 bits per heavy atom. The molecule has 0 amide bonds. The fourth-order valence-corrected chi connectivity index (χ4v) is 5.44. The minimum atomic E-state index is -3.32. The van der Waals surface area contributed by atoms with Crippen LogP contribution in [0, 0.1) is 0 Å². The lowest BCUT2D eigenvalue weighted by molar-refractivity contribution is -0.144. The second-order valence-electron chi connectivity index (χ2n) is 7.97. The van der Waals surface area contributed by atoms with Crippen molar-refractivity contribution in [1.82, 2.24) is 0 Å². The van der Waals surface area contributed by atoms with Gasteiger partial charge in [0, 0.05) is 26.2 Å². The van der Waals surface area contributed by atoms with Crippen LogP contribution >= 0.6 is 0 Å². The monoisotopic (exact) mass is 472 g/mol. The molecule has 0 aliphatic heterocycles. The summed E-state index contributed by atoms with van der Waals surface area (Å²) in [5.74, 6) is -0.272. The smallest absolute Gasteiger partial charge is 0.452 e. The molecule has 0 bridgehead atoms. The summed E-state index contributed by atoms with van der Waals surface area (Å²) in [6.45, 7) is 9.03. The Balaban J connectivity index is 0. The van der Waals surface area contributed by atoms with E-state index in [2.05, 4.69) is 6.92 Å². The molecule has 0 fully saturated rings. The molecule has 0 N–H and O–H groups in total. The first kappa shape index (κ1) is 33.5. The molecule has 184 valence electrons. The van der Waals surface area contributed by atoms with Crippen LogP contribution in [-0.4, -0.2) is 57.9 Å². The van der Waals surface area contributed by atoms with Gasteiger partial charge in [0.2, 0.25) is 0 Å². The minimum absolute atomic E-state index is 0. The topological polar surface area (TPSA) is 54.0 Å². The highest BCUT2D eigenvalue weighted by Gasteiger charge is 2.49. The van der Waals surface area contributed by atoms with E-state index in [0.29, 0.717) is 26.2 Å². The summed E-state index contributed by atoms with van der Waals surface area (Å²) >= 11 is 0. The number of rotatable bonds is 23. The molecule has 0 spiro atoms. The predicted molar refractivity (Wildman–Crippen MR) is 135 cm³/mol. The SMILES string of the molecule is CCCCCCCCCCCCCCCCCC(=O)O[Si](OCC)(OCC)OCC.[MgH2]. The van der Waals surface area contributed by atoms with E-state index < -0.39 is 9.05 Å². The van der Waals surface area contributed by atoms with Crippen molar-refractivity contribution in [2.75, 3.05) is 19.8 Å². The molecular weight excluding hydrogens is 421 g/mol.